The van der Waals surface area contributed by atoms with Crippen molar-refractivity contribution < 1.29 is 13.5 Å². The second kappa shape index (κ2) is 10.8. The minimum atomic E-state index is -3.10. The Kier molecular flexibility index (Phi) is 7.80. The van der Waals surface area contributed by atoms with Gasteiger partial charge in [-0.2, -0.15) is 0 Å². The van der Waals surface area contributed by atoms with Crippen LogP contribution < -0.4 is 0 Å². The standard InChI is InChI=1S/C26H34N4O3S/c1-20(2)34(32,33)19-21-7-6-10-24(15-21)22-11-13-29(14-12-22)16-25-17-30(28-27-25)26(18-31)23-8-4-3-5-9-23/h3-10,15,17,20,22,26,31H,11-14,16,18-19H2,1-2H3. The van der Waals surface area contributed by atoms with Crippen LogP contribution in [0.2, 0.25) is 0 Å². The molecule has 0 aliphatic carbocycles. The SMILES string of the molecule is CC(C)S(=O)(=O)Cc1cccc(C2CCN(Cc3cn(C(CO)c4ccccc4)nn3)CC2)c1. The van der Waals surface area contributed by atoms with Crippen molar-refractivity contribution in [2.45, 2.75) is 56.2 Å². The third-order valence-electron chi connectivity index (χ3n) is 6.72. The number of nitrogens with zero attached hydrogens (tertiary/aromatic N) is 4. The molecule has 2 heterocycles. The van der Waals surface area contributed by atoms with Crippen molar-refractivity contribution >= 4 is 9.84 Å². The van der Waals surface area contributed by atoms with Crippen molar-refractivity contribution in [3.8, 4) is 0 Å². The van der Waals surface area contributed by atoms with E-state index in [9.17, 15) is 13.5 Å². The summed E-state index contributed by atoms with van der Waals surface area (Å²) in [5, 5.41) is 18.1. The number of likely N-dealkylation sites (tertiary alicyclic amines) is 1. The van der Waals surface area contributed by atoms with Crippen LogP contribution in [0.4, 0.5) is 0 Å². The number of hydrogen-bond donors (Lipinski definition) is 1. The molecule has 8 heteroatoms. The summed E-state index contributed by atoms with van der Waals surface area (Å²) < 4.78 is 26.4. The third kappa shape index (κ3) is 5.92. The van der Waals surface area contributed by atoms with Crippen LogP contribution in [0.3, 0.4) is 0 Å². The molecule has 34 heavy (non-hydrogen) atoms. The molecule has 7 nitrogen and oxygen atoms in total. The van der Waals surface area contributed by atoms with Gasteiger partial charge < -0.3 is 5.11 Å². The lowest BCUT2D eigenvalue weighted by molar-refractivity contribution is 0.202. The predicted octanol–water partition coefficient (Wildman–Crippen LogP) is 3.56. The largest absolute Gasteiger partial charge is 0.394 e. The fourth-order valence-corrected chi connectivity index (χ4v) is 5.52. The Bertz CT molecular complexity index is 1170. The van der Waals surface area contributed by atoms with E-state index in [1.165, 1.54) is 5.56 Å². The summed E-state index contributed by atoms with van der Waals surface area (Å²) >= 11 is 0. The quantitative estimate of drug-likeness (QED) is 0.502. The van der Waals surface area contributed by atoms with Crippen LogP contribution in [0.1, 0.15) is 61.0 Å². The molecule has 0 amide bonds. The van der Waals surface area contributed by atoms with Crippen molar-refractivity contribution in [3.05, 3.63) is 83.2 Å². The number of aliphatic hydroxyl groups is 1. The van der Waals surface area contributed by atoms with Gasteiger partial charge in [-0.05, 0) is 62.4 Å². The van der Waals surface area contributed by atoms with Gasteiger partial charge in [0.1, 0.15) is 6.04 Å². The van der Waals surface area contributed by atoms with Crippen LogP contribution in [0.15, 0.2) is 60.8 Å². The van der Waals surface area contributed by atoms with Crippen LogP contribution in [-0.2, 0) is 22.1 Å². The van der Waals surface area contributed by atoms with Crippen molar-refractivity contribution in [2.75, 3.05) is 19.7 Å². The zero-order valence-corrected chi connectivity index (χ0v) is 20.7. The number of hydrogen-bond acceptors (Lipinski definition) is 6. The van der Waals surface area contributed by atoms with Crippen molar-refractivity contribution in [1.82, 2.24) is 19.9 Å². The Hall–Kier alpha value is -2.55. The lowest BCUT2D eigenvalue weighted by Crippen LogP contribution is -2.32. The van der Waals surface area contributed by atoms with Crippen molar-refractivity contribution in [2.24, 2.45) is 0 Å². The van der Waals surface area contributed by atoms with E-state index in [-0.39, 0.29) is 23.7 Å². The molecule has 1 unspecified atom stereocenters. The molecule has 0 bridgehead atoms. The molecule has 2 aromatic carbocycles. The fourth-order valence-electron chi connectivity index (χ4n) is 4.54. The van der Waals surface area contributed by atoms with Crippen LogP contribution in [0, 0.1) is 0 Å². The van der Waals surface area contributed by atoms with Gasteiger partial charge in [0.15, 0.2) is 9.84 Å². The molecule has 4 rings (SSSR count). The van der Waals surface area contributed by atoms with E-state index in [1.807, 2.05) is 48.7 Å². The van der Waals surface area contributed by atoms with E-state index < -0.39 is 9.84 Å². The Labute approximate surface area is 202 Å². The highest BCUT2D eigenvalue weighted by molar-refractivity contribution is 7.91. The normalized spacial score (nSPS) is 16.7. The molecule has 1 N–H and O–H groups in total. The average molecular weight is 483 g/mol. The Morgan fingerprint density at radius 3 is 2.47 bits per heavy atom. The van der Waals surface area contributed by atoms with Gasteiger partial charge in [0.05, 0.1) is 29.5 Å². The number of benzene rings is 2. The van der Waals surface area contributed by atoms with Gasteiger partial charge in [0, 0.05) is 6.54 Å². The maximum absolute atomic E-state index is 12.3. The molecule has 1 aliphatic rings. The summed E-state index contributed by atoms with van der Waals surface area (Å²) in [6.45, 7) is 6.07. The fraction of sp³-hybridized carbons (Fsp3) is 0.462. The molecule has 1 aromatic heterocycles. The lowest BCUT2D eigenvalue weighted by atomic mass is 9.88. The first-order chi connectivity index (χ1) is 16.4. The molecular formula is C26H34N4O3S. The third-order valence-corrected chi connectivity index (χ3v) is 8.89. The maximum atomic E-state index is 12.3. The van der Waals surface area contributed by atoms with Gasteiger partial charge in [-0.25, -0.2) is 13.1 Å². The number of piperidine rings is 1. The summed E-state index contributed by atoms with van der Waals surface area (Å²) in [4.78, 5) is 2.38. The second-order valence-corrected chi connectivity index (χ2v) is 12.0. The monoisotopic (exact) mass is 482 g/mol. The highest BCUT2D eigenvalue weighted by atomic mass is 32.2. The van der Waals surface area contributed by atoms with Gasteiger partial charge in [0.2, 0.25) is 0 Å². The van der Waals surface area contributed by atoms with Gasteiger partial charge in [-0.1, -0.05) is 59.8 Å². The first kappa shape index (κ1) is 24.6. The zero-order chi connectivity index (χ0) is 24.1. The molecule has 0 saturated carbocycles. The molecule has 0 spiro atoms. The molecule has 1 saturated heterocycles. The maximum Gasteiger partial charge on any atom is 0.156 e. The van der Waals surface area contributed by atoms with E-state index in [0.29, 0.717) is 5.92 Å². The van der Waals surface area contributed by atoms with Crippen LogP contribution in [0.25, 0.3) is 0 Å². The smallest absolute Gasteiger partial charge is 0.156 e. The highest BCUT2D eigenvalue weighted by Gasteiger charge is 2.23. The molecule has 182 valence electrons. The molecule has 3 aromatic rings. The average Bonchev–Trinajstić information content (AvgIpc) is 3.28. The number of rotatable bonds is 9. The van der Waals surface area contributed by atoms with Crippen LogP contribution in [0.5, 0.6) is 0 Å². The summed E-state index contributed by atoms with van der Waals surface area (Å²) in [7, 11) is -3.10. The first-order valence-electron chi connectivity index (χ1n) is 11.9. The van der Waals surface area contributed by atoms with E-state index >= 15 is 0 Å². The minimum Gasteiger partial charge on any atom is -0.394 e. The van der Waals surface area contributed by atoms with Gasteiger partial charge in [-0.15, -0.1) is 5.10 Å². The second-order valence-electron chi connectivity index (χ2n) is 9.45. The summed E-state index contributed by atoms with van der Waals surface area (Å²) in [6, 6.07) is 17.7. The van der Waals surface area contributed by atoms with E-state index in [0.717, 1.165) is 49.3 Å². The van der Waals surface area contributed by atoms with Gasteiger partial charge in [0.25, 0.3) is 0 Å². The minimum absolute atomic E-state index is 0.0320. The van der Waals surface area contributed by atoms with E-state index in [2.05, 4.69) is 27.3 Å². The summed E-state index contributed by atoms with van der Waals surface area (Å²) in [5.41, 5.74) is 4.01. The summed E-state index contributed by atoms with van der Waals surface area (Å²) in [6.07, 6.45) is 3.98. The molecular weight excluding hydrogens is 448 g/mol. The molecule has 1 fully saturated rings. The predicted molar refractivity (Wildman–Crippen MR) is 133 cm³/mol. The first-order valence-corrected chi connectivity index (χ1v) is 13.7. The van der Waals surface area contributed by atoms with E-state index in [4.69, 9.17) is 0 Å². The topological polar surface area (TPSA) is 88.3 Å². The Morgan fingerprint density at radius 1 is 1.06 bits per heavy atom. The number of sulfone groups is 1. The summed E-state index contributed by atoms with van der Waals surface area (Å²) in [5.74, 6) is 0.538. The lowest BCUT2D eigenvalue weighted by Gasteiger charge is -2.31. The highest BCUT2D eigenvalue weighted by Crippen LogP contribution is 2.29. The molecule has 1 atom stereocenters. The zero-order valence-electron chi connectivity index (χ0n) is 19.9. The molecule has 1 aliphatic heterocycles. The Morgan fingerprint density at radius 2 is 1.79 bits per heavy atom. The Balaban J connectivity index is 1.34. The van der Waals surface area contributed by atoms with Crippen LogP contribution >= 0.6 is 0 Å². The number of aromatic nitrogens is 3. The van der Waals surface area contributed by atoms with E-state index in [1.54, 1.807) is 18.5 Å². The van der Waals surface area contributed by atoms with Gasteiger partial charge in [-0.3, -0.25) is 4.90 Å². The van der Waals surface area contributed by atoms with Crippen LogP contribution in [-0.4, -0.2) is 58.4 Å². The van der Waals surface area contributed by atoms with Crippen molar-refractivity contribution in [3.63, 3.8) is 0 Å². The van der Waals surface area contributed by atoms with Gasteiger partial charge >= 0.3 is 0 Å². The molecule has 0 radical (unpaired) electrons. The van der Waals surface area contributed by atoms with Crippen molar-refractivity contribution in [1.29, 1.82) is 0 Å². The number of aliphatic hydroxyl groups excluding tert-OH is 1.